The highest BCUT2D eigenvalue weighted by atomic mass is 16.5. The molecule has 0 aromatic carbocycles. The van der Waals surface area contributed by atoms with E-state index < -0.39 is 29.9 Å². The van der Waals surface area contributed by atoms with Crippen molar-refractivity contribution < 1.29 is 24.5 Å². The molecule has 1 aliphatic heterocycles. The molecule has 5 N–H and O–H groups in total. The molecule has 98 valence electrons. The lowest BCUT2D eigenvalue weighted by Crippen LogP contribution is -2.50. The fourth-order valence-electron chi connectivity index (χ4n) is 1.59. The van der Waals surface area contributed by atoms with E-state index in [9.17, 15) is 14.7 Å². The van der Waals surface area contributed by atoms with E-state index in [0.717, 1.165) is 0 Å². The van der Waals surface area contributed by atoms with E-state index in [-0.39, 0.29) is 6.54 Å². The number of aliphatic carboxylic acids is 1. The number of carbonyl (C=O) groups excluding carboxylic acids is 1. The lowest BCUT2D eigenvalue weighted by molar-refractivity contribution is -0.139. The van der Waals surface area contributed by atoms with Gasteiger partial charge in [0.15, 0.2) is 0 Å². The van der Waals surface area contributed by atoms with Crippen molar-refractivity contribution in [3.8, 4) is 0 Å². The van der Waals surface area contributed by atoms with Crippen LogP contribution in [0.5, 0.6) is 0 Å². The molecule has 1 amide bonds. The normalized spacial score (nSPS) is 20.6. The molecule has 1 heterocycles. The van der Waals surface area contributed by atoms with Gasteiger partial charge in [0.1, 0.15) is 0 Å². The number of ether oxygens (including phenoxy) is 1. The van der Waals surface area contributed by atoms with Crippen molar-refractivity contribution in [3.63, 3.8) is 0 Å². The van der Waals surface area contributed by atoms with Gasteiger partial charge in [0.25, 0.3) is 0 Å². The molecule has 1 aliphatic rings. The zero-order valence-corrected chi connectivity index (χ0v) is 9.52. The summed E-state index contributed by atoms with van der Waals surface area (Å²) in [5, 5.41) is 21.0. The van der Waals surface area contributed by atoms with Crippen LogP contribution in [0.3, 0.4) is 0 Å². The zero-order valence-electron chi connectivity index (χ0n) is 9.52. The van der Waals surface area contributed by atoms with Crippen molar-refractivity contribution in [1.82, 2.24) is 5.32 Å². The Hall–Kier alpha value is -1.18. The molecule has 7 nitrogen and oxygen atoms in total. The van der Waals surface area contributed by atoms with E-state index in [4.69, 9.17) is 15.6 Å². The highest BCUT2D eigenvalue weighted by molar-refractivity contribution is 5.85. The molecule has 0 aromatic heterocycles. The van der Waals surface area contributed by atoms with Crippen molar-refractivity contribution in [2.24, 2.45) is 5.73 Å². The van der Waals surface area contributed by atoms with Gasteiger partial charge in [-0.15, -0.1) is 0 Å². The third-order valence-corrected chi connectivity index (χ3v) is 2.75. The van der Waals surface area contributed by atoms with Gasteiger partial charge in [-0.05, 0) is 0 Å². The molecule has 7 heteroatoms. The number of amides is 1. The summed E-state index contributed by atoms with van der Waals surface area (Å²) in [6, 6.07) is -1.09. The number of aliphatic hydroxyl groups is 1. The number of hydrogen-bond donors (Lipinski definition) is 4. The van der Waals surface area contributed by atoms with Crippen LogP contribution in [0.15, 0.2) is 0 Å². The van der Waals surface area contributed by atoms with Gasteiger partial charge in [-0.3, -0.25) is 9.59 Å². The van der Waals surface area contributed by atoms with Crippen molar-refractivity contribution in [3.05, 3.63) is 0 Å². The second-order valence-electron chi connectivity index (χ2n) is 4.26. The molecule has 1 rings (SSSR count). The monoisotopic (exact) mass is 246 g/mol. The van der Waals surface area contributed by atoms with Crippen molar-refractivity contribution >= 4 is 11.9 Å². The van der Waals surface area contributed by atoms with E-state index in [2.05, 4.69) is 5.32 Å². The summed E-state index contributed by atoms with van der Waals surface area (Å²) in [6.45, 7) is 0.976. The molecule has 0 saturated carbocycles. The first-order valence-electron chi connectivity index (χ1n) is 5.48. The van der Waals surface area contributed by atoms with Gasteiger partial charge in [0.2, 0.25) is 5.91 Å². The first-order valence-corrected chi connectivity index (χ1v) is 5.48. The lowest BCUT2D eigenvalue weighted by atomic mass is 9.94. The first kappa shape index (κ1) is 13.9. The van der Waals surface area contributed by atoms with Crippen LogP contribution in [0.2, 0.25) is 0 Å². The van der Waals surface area contributed by atoms with Crippen LogP contribution in [0.4, 0.5) is 0 Å². The zero-order chi connectivity index (χ0) is 12.9. The van der Waals surface area contributed by atoms with Crippen LogP contribution in [-0.4, -0.2) is 53.5 Å². The van der Waals surface area contributed by atoms with Gasteiger partial charge in [-0.25, -0.2) is 0 Å². The SMILES string of the molecule is NC(CC(=O)O)C(=O)NCC1(O)CCOCC1. The number of carbonyl (C=O) groups is 2. The average molecular weight is 246 g/mol. The number of carboxylic acids is 1. The van der Waals surface area contributed by atoms with Gasteiger partial charge < -0.3 is 26.0 Å². The number of nitrogens with two attached hydrogens (primary N) is 1. The summed E-state index contributed by atoms with van der Waals surface area (Å²) in [6.07, 6.45) is 0.469. The topological polar surface area (TPSA) is 122 Å². The molecule has 1 fully saturated rings. The van der Waals surface area contributed by atoms with E-state index in [1.165, 1.54) is 0 Å². The van der Waals surface area contributed by atoms with Gasteiger partial charge >= 0.3 is 5.97 Å². The fourth-order valence-corrected chi connectivity index (χ4v) is 1.59. The summed E-state index contributed by atoms with van der Waals surface area (Å²) >= 11 is 0. The Kier molecular flexibility index (Phi) is 4.86. The minimum absolute atomic E-state index is 0.0719. The second kappa shape index (κ2) is 5.95. The van der Waals surface area contributed by atoms with Crippen LogP contribution in [0.25, 0.3) is 0 Å². The predicted molar refractivity (Wildman–Crippen MR) is 58.2 cm³/mol. The maximum absolute atomic E-state index is 11.4. The summed E-state index contributed by atoms with van der Waals surface area (Å²) < 4.78 is 5.10. The smallest absolute Gasteiger partial charge is 0.305 e. The minimum Gasteiger partial charge on any atom is -0.481 e. The first-order chi connectivity index (χ1) is 7.93. The molecular weight excluding hydrogens is 228 g/mol. The van der Waals surface area contributed by atoms with E-state index in [1.807, 2.05) is 0 Å². The van der Waals surface area contributed by atoms with E-state index >= 15 is 0 Å². The molecular formula is C10H18N2O5. The number of hydrogen-bond acceptors (Lipinski definition) is 5. The van der Waals surface area contributed by atoms with Crippen LogP contribution in [-0.2, 0) is 14.3 Å². The van der Waals surface area contributed by atoms with Gasteiger partial charge in [-0.1, -0.05) is 0 Å². The fraction of sp³-hybridized carbons (Fsp3) is 0.800. The maximum atomic E-state index is 11.4. The average Bonchev–Trinajstić information content (AvgIpc) is 2.26. The van der Waals surface area contributed by atoms with Crippen LogP contribution in [0.1, 0.15) is 19.3 Å². The quantitative estimate of drug-likeness (QED) is 0.465. The summed E-state index contributed by atoms with van der Waals surface area (Å²) in [5.74, 6) is -1.69. The number of carboxylic acid groups (broad SMARTS) is 1. The summed E-state index contributed by atoms with van der Waals surface area (Å²) in [5.41, 5.74) is 4.40. The molecule has 17 heavy (non-hydrogen) atoms. The van der Waals surface area contributed by atoms with Gasteiger partial charge in [0, 0.05) is 32.6 Å². The Morgan fingerprint density at radius 2 is 2.00 bits per heavy atom. The third-order valence-electron chi connectivity index (χ3n) is 2.75. The van der Waals surface area contributed by atoms with Crippen LogP contribution >= 0.6 is 0 Å². The molecule has 0 spiro atoms. The van der Waals surface area contributed by atoms with Crippen molar-refractivity contribution in [1.29, 1.82) is 0 Å². The lowest BCUT2D eigenvalue weighted by Gasteiger charge is -2.32. The largest absolute Gasteiger partial charge is 0.481 e. The van der Waals surface area contributed by atoms with Gasteiger partial charge in [0.05, 0.1) is 18.1 Å². The third kappa shape index (κ3) is 4.68. The van der Waals surface area contributed by atoms with Crippen LogP contribution in [0, 0.1) is 0 Å². The highest BCUT2D eigenvalue weighted by Crippen LogP contribution is 2.19. The van der Waals surface area contributed by atoms with Crippen molar-refractivity contribution in [2.45, 2.75) is 30.9 Å². The Labute approximate surface area is 98.9 Å². The molecule has 0 aromatic rings. The highest BCUT2D eigenvalue weighted by Gasteiger charge is 2.30. The molecule has 0 aliphatic carbocycles. The molecule has 1 saturated heterocycles. The number of nitrogens with one attached hydrogen (secondary N) is 1. The molecule has 1 atom stereocenters. The molecule has 0 bridgehead atoms. The second-order valence-corrected chi connectivity index (χ2v) is 4.26. The maximum Gasteiger partial charge on any atom is 0.305 e. The molecule has 1 unspecified atom stereocenters. The predicted octanol–water partition coefficient (Wildman–Crippen LogP) is -1.55. The summed E-state index contributed by atoms with van der Waals surface area (Å²) in [4.78, 5) is 21.8. The Bertz CT molecular complexity index is 288. The Balaban J connectivity index is 2.33. The van der Waals surface area contributed by atoms with E-state index in [1.54, 1.807) is 0 Å². The Morgan fingerprint density at radius 1 is 1.41 bits per heavy atom. The van der Waals surface area contributed by atoms with Crippen LogP contribution < -0.4 is 11.1 Å². The Morgan fingerprint density at radius 3 is 2.53 bits per heavy atom. The molecule has 0 radical (unpaired) electrons. The minimum atomic E-state index is -1.13. The summed E-state index contributed by atoms with van der Waals surface area (Å²) in [7, 11) is 0. The van der Waals surface area contributed by atoms with Crippen molar-refractivity contribution in [2.75, 3.05) is 19.8 Å². The van der Waals surface area contributed by atoms with Gasteiger partial charge in [-0.2, -0.15) is 0 Å². The standard InChI is InChI=1S/C10H18N2O5/c11-7(5-8(13)14)9(15)12-6-10(16)1-3-17-4-2-10/h7,16H,1-6,11H2,(H,12,15)(H,13,14). The van der Waals surface area contributed by atoms with E-state index in [0.29, 0.717) is 26.1 Å². The number of rotatable bonds is 5.